The van der Waals surface area contributed by atoms with Gasteiger partial charge < -0.3 is 14.2 Å². The minimum absolute atomic E-state index is 0.187. The third-order valence-electron chi connectivity index (χ3n) is 7.32. The second-order valence-corrected chi connectivity index (χ2v) is 11.3. The summed E-state index contributed by atoms with van der Waals surface area (Å²) in [5.74, 6) is -0.308. The van der Waals surface area contributed by atoms with E-state index in [0.29, 0.717) is 29.2 Å². The van der Waals surface area contributed by atoms with Crippen molar-refractivity contribution in [3.63, 3.8) is 0 Å². The first kappa shape index (κ1) is 25.9. The van der Waals surface area contributed by atoms with Crippen LogP contribution in [0.15, 0.2) is 77.7 Å². The molecule has 0 aromatic heterocycles. The molecule has 38 heavy (non-hydrogen) atoms. The monoisotopic (exact) mass is 533 g/mol. The summed E-state index contributed by atoms with van der Waals surface area (Å²) in [4.78, 5) is 13.5. The molecule has 0 radical (unpaired) electrons. The molecule has 0 fully saturated rings. The highest BCUT2D eigenvalue weighted by Gasteiger charge is 2.51. The molecule has 3 aromatic carbocycles. The summed E-state index contributed by atoms with van der Waals surface area (Å²) in [6, 6.07) is 19.2. The van der Waals surface area contributed by atoms with Gasteiger partial charge in [-0.15, -0.1) is 0 Å². The lowest BCUT2D eigenvalue weighted by Gasteiger charge is -2.42. The quantitative estimate of drug-likeness (QED) is 0.391. The maximum atomic E-state index is 14.4. The summed E-state index contributed by atoms with van der Waals surface area (Å²) in [5, 5.41) is 0. The first-order valence-corrected chi connectivity index (χ1v) is 14.0. The van der Waals surface area contributed by atoms with Gasteiger partial charge in [0.05, 0.1) is 43.4 Å². The molecule has 0 saturated carbocycles. The number of ether oxygens (including phenoxy) is 3. The molecule has 0 saturated heterocycles. The zero-order valence-corrected chi connectivity index (χ0v) is 22.7. The number of carbonyl (C=O) groups is 1. The second-order valence-electron chi connectivity index (χ2n) is 9.53. The van der Waals surface area contributed by atoms with Crippen molar-refractivity contribution in [3.05, 3.63) is 95.1 Å². The Hall–Kier alpha value is -3.78. The van der Waals surface area contributed by atoms with Crippen LogP contribution in [0, 0.1) is 18.8 Å². The molecule has 1 heterocycles. The van der Waals surface area contributed by atoms with Gasteiger partial charge in [-0.2, -0.15) is 0 Å². The number of esters is 1. The number of hydrogen-bond acceptors (Lipinski definition) is 6. The van der Waals surface area contributed by atoms with Crippen molar-refractivity contribution in [2.75, 3.05) is 20.8 Å². The summed E-state index contributed by atoms with van der Waals surface area (Å²) in [6.45, 7) is 3.92. The first-order chi connectivity index (χ1) is 18.3. The Kier molecular flexibility index (Phi) is 6.92. The van der Waals surface area contributed by atoms with Crippen molar-refractivity contribution in [3.8, 4) is 11.5 Å². The van der Waals surface area contributed by atoms with Crippen molar-refractivity contribution >= 4 is 21.7 Å². The van der Waals surface area contributed by atoms with E-state index in [9.17, 15) is 13.2 Å². The van der Waals surface area contributed by atoms with Crippen molar-refractivity contribution in [2.45, 2.75) is 31.2 Å². The fourth-order valence-corrected chi connectivity index (χ4v) is 7.24. The van der Waals surface area contributed by atoms with Crippen LogP contribution in [0.5, 0.6) is 11.5 Å². The highest BCUT2D eigenvalue weighted by atomic mass is 32.2. The van der Waals surface area contributed by atoms with Gasteiger partial charge in [0.1, 0.15) is 0 Å². The molecule has 0 unspecified atom stereocenters. The van der Waals surface area contributed by atoms with E-state index in [0.717, 1.165) is 16.7 Å². The number of sulfonamides is 1. The van der Waals surface area contributed by atoms with Crippen LogP contribution in [0.4, 0.5) is 0 Å². The zero-order chi connectivity index (χ0) is 27.0. The number of aryl methyl sites for hydroxylation is 1. The van der Waals surface area contributed by atoms with Gasteiger partial charge in [-0.05, 0) is 67.3 Å². The second kappa shape index (κ2) is 10.2. The van der Waals surface area contributed by atoms with Crippen molar-refractivity contribution in [2.24, 2.45) is 11.8 Å². The van der Waals surface area contributed by atoms with Gasteiger partial charge in [0.2, 0.25) is 0 Å². The zero-order valence-electron chi connectivity index (χ0n) is 21.9. The van der Waals surface area contributed by atoms with E-state index < -0.39 is 22.0 Å². The van der Waals surface area contributed by atoms with E-state index in [1.165, 1.54) is 4.31 Å². The molecular weight excluding hydrogens is 502 g/mol. The van der Waals surface area contributed by atoms with Crippen molar-refractivity contribution < 1.29 is 27.4 Å². The van der Waals surface area contributed by atoms with Crippen LogP contribution in [0.3, 0.4) is 0 Å². The molecule has 7 nitrogen and oxygen atoms in total. The van der Waals surface area contributed by atoms with Gasteiger partial charge in [-0.3, -0.25) is 9.10 Å². The maximum Gasteiger partial charge on any atom is 0.313 e. The molecule has 8 heteroatoms. The molecule has 1 aliphatic heterocycles. The summed E-state index contributed by atoms with van der Waals surface area (Å²) in [7, 11) is -0.912. The maximum absolute atomic E-state index is 14.4. The third-order valence-corrected chi connectivity index (χ3v) is 9.13. The van der Waals surface area contributed by atoms with Gasteiger partial charge in [0.15, 0.2) is 11.5 Å². The topological polar surface area (TPSA) is 82.1 Å². The fraction of sp³-hybridized carbons (Fsp3) is 0.300. The number of carbonyl (C=O) groups excluding carboxylic acids is 1. The molecule has 3 aromatic rings. The van der Waals surface area contributed by atoms with E-state index in [4.69, 9.17) is 14.2 Å². The minimum atomic E-state index is -4.03. The standard InChI is InChI=1S/C30H31NO6S/c1-5-37-30(32)25-17-26(20-9-7-6-8-10-20)31(38(33,34)22-13-11-19(2)12-14-22)29-23-18-28(36-4)27(35-3)16-21(23)15-24(25)29/h6-14,16-18,24-25,29H,5,15H2,1-4H3/t24-,25+,29-/m1/s1. The number of methoxy groups -OCH3 is 2. The van der Waals surface area contributed by atoms with Crippen LogP contribution in [-0.2, 0) is 26.0 Å². The Morgan fingerprint density at radius 1 is 0.974 bits per heavy atom. The van der Waals surface area contributed by atoms with Crippen LogP contribution >= 0.6 is 0 Å². The summed E-state index contributed by atoms with van der Waals surface area (Å²) < 4.78 is 46.9. The molecule has 0 bridgehead atoms. The van der Waals surface area contributed by atoms with Crippen LogP contribution in [0.2, 0.25) is 0 Å². The Morgan fingerprint density at radius 3 is 2.26 bits per heavy atom. The van der Waals surface area contributed by atoms with Gasteiger partial charge in [-0.1, -0.05) is 48.0 Å². The SMILES string of the molecule is CCOC(=O)[C@H]1C=C(c2ccccc2)N(S(=O)(=O)c2ccc(C)cc2)[C@@H]2c3cc(OC)c(OC)cc3C[C@H]12. The Morgan fingerprint density at radius 2 is 1.63 bits per heavy atom. The molecule has 2 aliphatic rings. The number of nitrogens with zero attached hydrogens (tertiary/aromatic N) is 1. The van der Waals surface area contributed by atoms with E-state index in [2.05, 4.69) is 0 Å². The average molecular weight is 534 g/mol. The first-order valence-electron chi connectivity index (χ1n) is 12.6. The number of rotatable bonds is 7. The van der Waals surface area contributed by atoms with E-state index in [1.54, 1.807) is 51.5 Å². The Bertz CT molecular complexity index is 1480. The van der Waals surface area contributed by atoms with E-state index in [1.807, 2.05) is 49.4 Å². The predicted molar refractivity (Wildman–Crippen MR) is 144 cm³/mol. The lowest BCUT2D eigenvalue weighted by atomic mass is 9.82. The van der Waals surface area contributed by atoms with Gasteiger partial charge in [0.25, 0.3) is 10.0 Å². The van der Waals surface area contributed by atoms with Crippen molar-refractivity contribution in [1.29, 1.82) is 0 Å². The number of fused-ring (bicyclic) bond motifs is 3. The lowest BCUT2D eigenvalue weighted by molar-refractivity contribution is -0.148. The highest BCUT2D eigenvalue weighted by molar-refractivity contribution is 7.89. The third kappa shape index (κ3) is 4.32. The molecule has 3 atom stereocenters. The molecule has 0 amide bonds. The van der Waals surface area contributed by atoms with E-state index >= 15 is 0 Å². The van der Waals surface area contributed by atoms with Crippen LogP contribution in [0.25, 0.3) is 5.70 Å². The molecule has 5 rings (SSSR count). The molecule has 0 spiro atoms. The summed E-state index contributed by atoms with van der Waals surface area (Å²) in [6.07, 6.45) is 2.25. The van der Waals surface area contributed by atoms with Crippen molar-refractivity contribution in [1.82, 2.24) is 4.31 Å². The lowest BCUT2D eigenvalue weighted by Crippen LogP contribution is -2.43. The number of hydrogen-bond donors (Lipinski definition) is 0. The molecular formula is C30H31NO6S. The smallest absolute Gasteiger partial charge is 0.313 e. The minimum Gasteiger partial charge on any atom is -0.493 e. The van der Waals surface area contributed by atoms with E-state index in [-0.39, 0.29) is 23.4 Å². The Balaban J connectivity index is 1.78. The fourth-order valence-electron chi connectivity index (χ4n) is 5.54. The van der Waals surface area contributed by atoms with Gasteiger partial charge in [-0.25, -0.2) is 8.42 Å². The Labute approximate surface area is 223 Å². The van der Waals surface area contributed by atoms with Crippen LogP contribution in [-0.4, -0.2) is 39.5 Å². The van der Waals surface area contributed by atoms with Crippen LogP contribution in [0.1, 0.15) is 35.2 Å². The summed E-state index contributed by atoms with van der Waals surface area (Å²) in [5.41, 5.74) is 3.82. The summed E-state index contributed by atoms with van der Waals surface area (Å²) >= 11 is 0. The predicted octanol–water partition coefficient (Wildman–Crippen LogP) is 5.15. The highest BCUT2D eigenvalue weighted by Crippen LogP contribution is 2.54. The van der Waals surface area contributed by atoms with Crippen LogP contribution < -0.4 is 9.47 Å². The number of benzene rings is 3. The molecule has 0 N–H and O–H groups in total. The van der Waals surface area contributed by atoms with Gasteiger partial charge >= 0.3 is 5.97 Å². The normalized spacial score (nSPS) is 20.3. The molecule has 1 aliphatic carbocycles. The molecule has 198 valence electrons. The largest absolute Gasteiger partial charge is 0.493 e. The average Bonchev–Trinajstić information content (AvgIpc) is 3.30. The van der Waals surface area contributed by atoms with Gasteiger partial charge in [0, 0.05) is 5.92 Å².